The molecule has 0 aromatic carbocycles. The highest BCUT2D eigenvalue weighted by Crippen LogP contribution is 2.15. The minimum atomic E-state index is -0.552. The normalized spacial score (nSPS) is 10.9. The van der Waals surface area contributed by atoms with Crippen molar-refractivity contribution in [2.45, 2.75) is 13.5 Å². The van der Waals surface area contributed by atoms with E-state index < -0.39 is 11.2 Å². The Hall–Kier alpha value is -1.55. The predicted molar refractivity (Wildman–Crippen MR) is 47.3 cm³/mol. The smallest absolute Gasteiger partial charge is 0.227 e. The SMILES string of the molecule is C/C=C/c1oc(CO)cc(=O)c1O. The molecule has 0 radical (unpaired) electrons. The van der Waals surface area contributed by atoms with Crippen LogP contribution in [0.25, 0.3) is 6.08 Å². The van der Waals surface area contributed by atoms with Gasteiger partial charge in [0.25, 0.3) is 0 Å². The first-order chi connectivity index (χ1) is 6.19. The monoisotopic (exact) mass is 182 g/mol. The second kappa shape index (κ2) is 3.91. The lowest BCUT2D eigenvalue weighted by atomic mass is 10.3. The van der Waals surface area contributed by atoms with Crippen LogP contribution < -0.4 is 5.43 Å². The third-order valence-corrected chi connectivity index (χ3v) is 1.47. The van der Waals surface area contributed by atoms with E-state index in [1.165, 1.54) is 6.08 Å². The van der Waals surface area contributed by atoms with Crippen LogP contribution in [-0.2, 0) is 6.61 Å². The average Bonchev–Trinajstić information content (AvgIpc) is 2.13. The molecule has 0 aliphatic rings. The van der Waals surface area contributed by atoms with Crippen LogP contribution >= 0.6 is 0 Å². The van der Waals surface area contributed by atoms with Gasteiger partial charge in [0.2, 0.25) is 11.2 Å². The van der Waals surface area contributed by atoms with Crippen LogP contribution in [0.5, 0.6) is 5.75 Å². The maximum atomic E-state index is 11.0. The molecule has 0 fully saturated rings. The zero-order valence-electron chi connectivity index (χ0n) is 7.15. The zero-order valence-corrected chi connectivity index (χ0v) is 7.15. The molecular formula is C9H10O4. The summed E-state index contributed by atoms with van der Waals surface area (Å²) in [6, 6.07) is 1.06. The third-order valence-electron chi connectivity index (χ3n) is 1.47. The fourth-order valence-electron chi connectivity index (χ4n) is 0.897. The molecule has 0 saturated heterocycles. The van der Waals surface area contributed by atoms with Crippen LogP contribution in [0.15, 0.2) is 21.4 Å². The van der Waals surface area contributed by atoms with Gasteiger partial charge in [-0.2, -0.15) is 0 Å². The molecule has 1 rings (SSSR count). The number of allylic oxidation sites excluding steroid dienone is 1. The molecule has 4 heteroatoms. The van der Waals surface area contributed by atoms with Crippen molar-refractivity contribution in [1.82, 2.24) is 0 Å². The van der Waals surface area contributed by atoms with Crippen LogP contribution in [0.2, 0.25) is 0 Å². The minimum absolute atomic E-state index is 0.0686. The predicted octanol–water partition coefficient (Wildman–Crippen LogP) is 0.871. The fraction of sp³-hybridized carbons (Fsp3) is 0.222. The quantitative estimate of drug-likeness (QED) is 0.712. The van der Waals surface area contributed by atoms with Gasteiger partial charge in [-0.3, -0.25) is 4.79 Å². The topological polar surface area (TPSA) is 70.7 Å². The first kappa shape index (κ1) is 9.54. The van der Waals surface area contributed by atoms with E-state index in [0.717, 1.165) is 6.07 Å². The van der Waals surface area contributed by atoms with Gasteiger partial charge >= 0.3 is 0 Å². The Balaban J connectivity index is 3.33. The van der Waals surface area contributed by atoms with E-state index in [1.54, 1.807) is 13.0 Å². The van der Waals surface area contributed by atoms with Crippen molar-refractivity contribution in [2.75, 3.05) is 0 Å². The van der Waals surface area contributed by atoms with E-state index in [2.05, 4.69) is 0 Å². The van der Waals surface area contributed by atoms with E-state index in [1.807, 2.05) is 0 Å². The van der Waals surface area contributed by atoms with Gasteiger partial charge in [-0.05, 0) is 13.0 Å². The molecule has 4 nitrogen and oxygen atoms in total. The van der Waals surface area contributed by atoms with E-state index in [9.17, 15) is 9.90 Å². The molecule has 0 bridgehead atoms. The van der Waals surface area contributed by atoms with Crippen LogP contribution in [0.4, 0.5) is 0 Å². The second-order valence-electron chi connectivity index (χ2n) is 2.45. The van der Waals surface area contributed by atoms with Gasteiger partial charge in [0.1, 0.15) is 12.4 Å². The Morgan fingerprint density at radius 2 is 2.31 bits per heavy atom. The van der Waals surface area contributed by atoms with Crippen molar-refractivity contribution in [1.29, 1.82) is 0 Å². The van der Waals surface area contributed by atoms with Gasteiger partial charge in [-0.1, -0.05) is 6.08 Å². The van der Waals surface area contributed by atoms with Crippen molar-refractivity contribution in [3.8, 4) is 5.75 Å². The molecule has 2 N–H and O–H groups in total. The molecule has 1 aromatic rings. The lowest BCUT2D eigenvalue weighted by molar-refractivity contribution is 0.240. The zero-order chi connectivity index (χ0) is 9.84. The molecule has 0 atom stereocenters. The summed E-state index contributed by atoms with van der Waals surface area (Å²) in [5.41, 5.74) is -0.552. The van der Waals surface area contributed by atoms with Crippen molar-refractivity contribution in [2.24, 2.45) is 0 Å². The second-order valence-corrected chi connectivity index (χ2v) is 2.45. The fourth-order valence-corrected chi connectivity index (χ4v) is 0.897. The number of hydrogen-bond donors (Lipinski definition) is 2. The number of hydrogen-bond acceptors (Lipinski definition) is 4. The molecule has 1 heterocycles. The number of aliphatic hydroxyl groups excluding tert-OH is 1. The highest BCUT2D eigenvalue weighted by molar-refractivity contribution is 5.49. The molecule has 13 heavy (non-hydrogen) atoms. The van der Waals surface area contributed by atoms with Crippen LogP contribution in [0.3, 0.4) is 0 Å². The van der Waals surface area contributed by atoms with Crippen LogP contribution in [0.1, 0.15) is 18.4 Å². The summed E-state index contributed by atoms with van der Waals surface area (Å²) in [5, 5.41) is 17.9. The lowest BCUT2D eigenvalue weighted by Crippen LogP contribution is -2.02. The lowest BCUT2D eigenvalue weighted by Gasteiger charge is -1.99. The Morgan fingerprint density at radius 3 is 2.85 bits per heavy atom. The average molecular weight is 182 g/mol. The summed E-state index contributed by atoms with van der Waals surface area (Å²) in [6.45, 7) is 1.37. The van der Waals surface area contributed by atoms with Crippen molar-refractivity contribution >= 4 is 6.08 Å². The number of rotatable bonds is 2. The van der Waals surface area contributed by atoms with Crippen LogP contribution in [-0.4, -0.2) is 10.2 Å². The third kappa shape index (κ3) is 1.97. The van der Waals surface area contributed by atoms with Gasteiger partial charge in [0.15, 0.2) is 5.76 Å². The molecule has 70 valence electrons. The molecule has 0 saturated carbocycles. The standard InChI is InChI=1S/C9H10O4/c1-2-3-8-9(12)7(11)4-6(5-10)13-8/h2-4,10,12H,5H2,1H3/b3-2+. The van der Waals surface area contributed by atoms with Gasteiger partial charge in [-0.15, -0.1) is 0 Å². The van der Waals surface area contributed by atoms with E-state index >= 15 is 0 Å². The Labute approximate surface area is 74.8 Å². The highest BCUT2D eigenvalue weighted by atomic mass is 16.4. The van der Waals surface area contributed by atoms with Crippen molar-refractivity contribution in [3.05, 3.63) is 33.9 Å². The highest BCUT2D eigenvalue weighted by Gasteiger charge is 2.07. The molecule has 0 aliphatic carbocycles. The maximum Gasteiger partial charge on any atom is 0.227 e. The summed E-state index contributed by atoms with van der Waals surface area (Å²) in [7, 11) is 0. The summed E-state index contributed by atoms with van der Waals surface area (Å²) >= 11 is 0. The molecule has 0 spiro atoms. The summed E-state index contributed by atoms with van der Waals surface area (Å²) < 4.78 is 4.99. The van der Waals surface area contributed by atoms with Gasteiger partial charge in [0, 0.05) is 6.07 Å². The molecule has 1 aromatic heterocycles. The Morgan fingerprint density at radius 1 is 1.62 bits per heavy atom. The largest absolute Gasteiger partial charge is 0.502 e. The van der Waals surface area contributed by atoms with Gasteiger partial charge in [-0.25, -0.2) is 0 Å². The Kier molecular flexibility index (Phi) is 2.87. The van der Waals surface area contributed by atoms with E-state index in [0.29, 0.717) is 0 Å². The van der Waals surface area contributed by atoms with Crippen molar-refractivity contribution in [3.63, 3.8) is 0 Å². The maximum absolute atomic E-state index is 11.0. The van der Waals surface area contributed by atoms with E-state index in [-0.39, 0.29) is 18.1 Å². The molecule has 0 unspecified atom stereocenters. The summed E-state index contributed by atoms with van der Waals surface area (Å²) in [5.74, 6) is -0.231. The first-order valence-electron chi connectivity index (χ1n) is 3.78. The van der Waals surface area contributed by atoms with Crippen LogP contribution in [0, 0.1) is 0 Å². The molecule has 0 amide bonds. The molecular weight excluding hydrogens is 172 g/mol. The van der Waals surface area contributed by atoms with Gasteiger partial charge in [0.05, 0.1) is 0 Å². The molecule has 0 aliphatic heterocycles. The van der Waals surface area contributed by atoms with E-state index in [4.69, 9.17) is 9.52 Å². The first-order valence-corrected chi connectivity index (χ1v) is 3.78. The minimum Gasteiger partial charge on any atom is -0.502 e. The van der Waals surface area contributed by atoms with Gasteiger partial charge < -0.3 is 14.6 Å². The summed E-state index contributed by atoms with van der Waals surface area (Å²) in [4.78, 5) is 11.0. The number of aromatic hydroxyl groups is 1. The number of aliphatic hydroxyl groups is 1. The Bertz CT molecular complexity index is 376. The summed E-state index contributed by atoms with van der Waals surface area (Å²) in [6.07, 6.45) is 3.08. The van der Waals surface area contributed by atoms with Crippen molar-refractivity contribution < 1.29 is 14.6 Å².